The molecule has 10 heteroatoms. The number of thioether (sulfide) groups is 1. The molecule has 0 radical (unpaired) electrons. The highest BCUT2D eigenvalue weighted by molar-refractivity contribution is 8.00. The molecule has 2 N–H and O–H groups in total. The van der Waals surface area contributed by atoms with Crippen molar-refractivity contribution < 1.29 is 29.0 Å². The van der Waals surface area contributed by atoms with Gasteiger partial charge in [-0.1, -0.05) is 17.7 Å². The highest BCUT2D eigenvalue weighted by atomic mass is 35.5. The van der Waals surface area contributed by atoms with Gasteiger partial charge in [0.05, 0.1) is 23.1 Å². The number of nitrogens with one attached hydrogen (secondary N) is 1. The number of anilines is 2. The summed E-state index contributed by atoms with van der Waals surface area (Å²) >= 11 is 7.32. The summed E-state index contributed by atoms with van der Waals surface area (Å²) in [6, 6.07) is 11.4. The number of methoxy groups -OCH3 is 1. The monoisotopic (exact) mass is 460 g/mol. The summed E-state index contributed by atoms with van der Waals surface area (Å²) in [6.07, 6.45) is 1.65. The number of halogens is 1. The minimum atomic E-state index is -1.23. The van der Waals surface area contributed by atoms with Crippen LogP contribution < -0.4 is 15.0 Å². The second kappa shape index (κ2) is 9.67. The zero-order chi connectivity index (χ0) is 22.5. The number of ether oxygens (including phenoxy) is 1. The number of nitrogens with zero attached hydrogens (tertiary/aromatic N) is 1. The summed E-state index contributed by atoms with van der Waals surface area (Å²) in [4.78, 5) is 49.4. The Hall–Kier alpha value is -3.30. The first kappa shape index (κ1) is 22.4. The van der Waals surface area contributed by atoms with Crippen molar-refractivity contribution in [2.45, 2.75) is 16.6 Å². The van der Waals surface area contributed by atoms with Gasteiger partial charge in [0.2, 0.25) is 17.7 Å². The van der Waals surface area contributed by atoms with Gasteiger partial charge in [-0.05, 0) is 36.4 Å². The quantitative estimate of drug-likeness (QED) is 0.481. The van der Waals surface area contributed by atoms with Crippen LogP contribution in [0.4, 0.5) is 11.4 Å². The van der Waals surface area contributed by atoms with Crippen LogP contribution in [-0.4, -0.2) is 41.2 Å². The number of amides is 3. The van der Waals surface area contributed by atoms with E-state index < -0.39 is 17.1 Å². The van der Waals surface area contributed by atoms with Crippen molar-refractivity contribution in [3.05, 3.63) is 59.6 Å². The highest BCUT2D eigenvalue weighted by Gasteiger charge is 2.40. The number of imide groups is 1. The van der Waals surface area contributed by atoms with Crippen LogP contribution in [-0.2, 0) is 19.2 Å². The van der Waals surface area contributed by atoms with E-state index in [4.69, 9.17) is 21.4 Å². The third-order valence-corrected chi connectivity index (χ3v) is 5.73. The number of carbonyl (C=O) groups excluding carboxylic acids is 3. The Kier molecular flexibility index (Phi) is 6.98. The molecule has 1 fully saturated rings. The van der Waals surface area contributed by atoms with Gasteiger partial charge in [0, 0.05) is 29.2 Å². The Morgan fingerprint density at radius 3 is 2.68 bits per heavy atom. The van der Waals surface area contributed by atoms with E-state index in [9.17, 15) is 19.2 Å². The Morgan fingerprint density at radius 2 is 2.00 bits per heavy atom. The van der Waals surface area contributed by atoms with Crippen LogP contribution >= 0.6 is 23.4 Å². The molecule has 2 aromatic rings. The second-order valence-electron chi connectivity index (χ2n) is 6.39. The van der Waals surface area contributed by atoms with Gasteiger partial charge in [-0.3, -0.25) is 14.4 Å². The molecule has 0 aromatic heterocycles. The lowest BCUT2D eigenvalue weighted by atomic mass is 10.3. The van der Waals surface area contributed by atoms with Gasteiger partial charge < -0.3 is 15.2 Å². The van der Waals surface area contributed by atoms with Crippen molar-refractivity contribution in [1.29, 1.82) is 0 Å². The molecule has 1 atom stereocenters. The molecule has 3 rings (SSSR count). The van der Waals surface area contributed by atoms with E-state index in [0.29, 0.717) is 22.0 Å². The first-order valence-corrected chi connectivity index (χ1v) is 10.2. The maximum Gasteiger partial charge on any atom is 0.328 e. The largest absolute Gasteiger partial charge is 0.495 e. The SMILES string of the molecule is COc1ccc(N2C(=O)C[C@@H](Sc3cccc(NC(=O)/C=C/C(=O)O)c3)C2=O)cc1Cl. The van der Waals surface area contributed by atoms with Crippen molar-refractivity contribution >= 4 is 58.4 Å². The van der Waals surface area contributed by atoms with Crippen LogP contribution in [0.5, 0.6) is 5.75 Å². The van der Waals surface area contributed by atoms with E-state index in [-0.39, 0.29) is 23.3 Å². The molecular weight excluding hydrogens is 444 g/mol. The van der Waals surface area contributed by atoms with Crippen LogP contribution in [0.25, 0.3) is 0 Å². The second-order valence-corrected chi connectivity index (χ2v) is 8.07. The molecular formula is C21H17ClN2O6S. The number of hydrogen-bond acceptors (Lipinski definition) is 6. The van der Waals surface area contributed by atoms with Crippen LogP contribution in [0.3, 0.4) is 0 Å². The first-order chi connectivity index (χ1) is 14.8. The minimum Gasteiger partial charge on any atom is -0.495 e. The molecule has 31 heavy (non-hydrogen) atoms. The summed E-state index contributed by atoms with van der Waals surface area (Å²) in [5.41, 5.74) is 0.802. The topological polar surface area (TPSA) is 113 Å². The van der Waals surface area contributed by atoms with Gasteiger partial charge in [-0.25, -0.2) is 9.69 Å². The molecule has 1 aliphatic heterocycles. The van der Waals surface area contributed by atoms with E-state index in [0.717, 1.165) is 17.1 Å². The van der Waals surface area contributed by atoms with Gasteiger partial charge in [-0.2, -0.15) is 0 Å². The molecule has 0 unspecified atom stereocenters. The zero-order valence-electron chi connectivity index (χ0n) is 16.2. The predicted molar refractivity (Wildman–Crippen MR) is 117 cm³/mol. The number of benzene rings is 2. The van der Waals surface area contributed by atoms with Gasteiger partial charge >= 0.3 is 5.97 Å². The number of rotatable bonds is 7. The van der Waals surface area contributed by atoms with Gasteiger partial charge in [-0.15, -0.1) is 11.8 Å². The fraction of sp³-hybridized carbons (Fsp3) is 0.143. The average molecular weight is 461 g/mol. The Labute approximate surface area is 186 Å². The predicted octanol–water partition coefficient (Wildman–Crippen LogP) is 3.35. The fourth-order valence-electron chi connectivity index (χ4n) is 2.90. The number of carboxylic acid groups (broad SMARTS) is 1. The van der Waals surface area contributed by atoms with Crippen LogP contribution in [0.1, 0.15) is 6.42 Å². The molecule has 3 amide bonds. The summed E-state index contributed by atoms with van der Waals surface area (Å²) in [5.74, 6) is -2.10. The maximum atomic E-state index is 12.9. The van der Waals surface area contributed by atoms with Gasteiger partial charge in [0.25, 0.3) is 0 Å². The Morgan fingerprint density at radius 1 is 1.23 bits per heavy atom. The van der Waals surface area contributed by atoms with Crippen molar-refractivity contribution in [3.8, 4) is 5.75 Å². The number of carboxylic acids is 1. The van der Waals surface area contributed by atoms with E-state index in [2.05, 4.69) is 5.32 Å². The standard InChI is InChI=1S/C21H17ClN2O6S/c1-30-16-6-5-13(10-15(16)22)24-19(26)11-17(21(24)29)31-14-4-2-3-12(9-14)23-18(25)7-8-20(27)28/h2-10,17H,11H2,1H3,(H,23,25)(H,27,28)/b8-7+/t17-/m1/s1. The Bertz CT molecular complexity index is 1090. The van der Waals surface area contributed by atoms with Crippen LogP contribution in [0.2, 0.25) is 5.02 Å². The molecule has 0 spiro atoms. The normalized spacial score (nSPS) is 16.1. The van der Waals surface area contributed by atoms with Crippen molar-refractivity contribution in [3.63, 3.8) is 0 Å². The lowest BCUT2D eigenvalue weighted by Gasteiger charge is -2.16. The minimum absolute atomic E-state index is 0.0189. The van der Waals surface area contributed by atoms with E-state index in [1.54, 1.807) is 36.4 Å². The Balaban J connectivity index is 1.72. The molecule has 2 aromatic carbocycles. The third kappa shape index (κ3) is 5.44. The van der Waals surface area contributed by atoms with Crippen molar-refractivity contribution in [2.75, 3.05) is 17.3 Å². The lowest BCUT2D eigenvalue weighted by molar-refractivity contribution is -0.131. The summed E-state index contributed by atoms with van der Waals surface area (Å²) in [5, 5.41) is 10.8. The molecule has 1 aliphatic rings. The van der Waals surface area contributed by atoms with E-state index in [1.807, 2.05) is 0 Å². The molecule has 8 nitrogen and oxygen atoms in total. The lowest BCUT2D eigenvalue weighted by Crippen LogP contribution is -2.31. The third-order valence-electron chi connectivity index (χ3n) is 4.26. The number of hydrogen-bond donors (Lipinski definition) is 2. The zero-order valence-corrected chi connectivity index (χ0v) is 17.8. The summed E-state index contributed by atoms with van der Waals surface area (Å²) in [7, 11) is 1.47. The van der Waals surface area contributed by atoms with E-state index in [1.165, 1.54) is 24.9 Å². The van der Waals surface area contributed by atoms with Crippen molar-refractivity contribution in [2.24, 2.45) is 0 Å². The number of aliphatic carboxylic acids is 1. The first-order valence-electron chi connectivity index (χ1n) is 8.97. The molecule has 1 saturated heterocycles. The van der Waals surface area contributed by atoms with Gasteiger partial charge in [0.15, 0.2) is 0 Å². The molecule has 0 saturated carbocycles. The summed E-state index contributed by atoms with van der Waals surface area (Å²) in [6.45, 7) is 0. The molecule has 160 valence electrons. The maximum absolute atomic E-state index is 12.9. The van der Waals surface area contributed by atoms with Crippen LogP contribution in [0, 0.1) is 0 Å². The van der Waals surface area contributed by atoms with Crippen molar-refractivity contribution in [1.82, 2.24) is 0 Å². The van der Waals surface area contributed by atoms with Gasteiger partial charge in [0.1, 0.15) is 5.75 Å². The molecule has 0 bridgehead atoms. The number of carbonyl (C=O) groups is 4. The molecule has 1 heterocycles. The fourth-order valence-corrected chi connectivity index (χ4v) is 4.27. The van der Waals surface area contributed by atoms with Crippen LogP contribution in [0.15, 0.2) is 59.5 Å². The highest BCUT2D eigenvalue weighted by Crippen LogP contribution is 2.37. The average Bonchev–Trinajstić information content (AvgIpc) is 2.99. The molecule has 0 aliphatic carbocycles. The summed E-state index contributed by atoms with van der Waals surface area (Å²) < 4.78 is 5.09. The van der Waals surface area contributed by atoms with E-state index >= 15 is 0 Å². The smallest absolute Gasteiger partial charge is 0.328 e.